The molecule has 1 saturated carbocycles. The molecule has 0 saturated heterocycles. The van der Waals surface area contributed by atoms with Crippen LogP contribution >= 0.6 is 0 Å². The van der Waals surface area contributed by atoms with Crippen molar-refractivity contribution >= 4 is 5.91 Å². The van der Waals surface area contributed by atoms with Gasteiger partial charge in [0, 0.05) is 6.04 Å². The van der Waals surface area contributed by atoms with Crippen molar-refractivity contribution in [3.63, 3.8) is 0 Å². The van der Waals surface area contributed by atoms with Crippen LogP contribution in [-0.2, 0) is 4.79 Å². The number of rotatable bonds is 2. The van der Waals surface area contributed by atoms with Crippen LogP contribution in [0.2, 0.25) is 0 Å². The maximum Gasteiger partial charge on any atom is 0.237 e. The van der Waals surface area contributed by atoms with Crippen molar-refractivity contribution in [1.29, 1.82) is 0 Å². The summed E-state index contributed by atoms with van der Waals surface area (Å²) in [4.78, 5) is 12.0. The monoisotopic (exact) mass is 226 g/mol. The number of carbonyl (C=O) groups excluding carboxylic acids is 1. The van der Waals surface area contributed by atoms with E-state index in [1.165, 1.54) is 6.42 Å². The minimum Gasteiger partial charge on any atom is -0.352 e. The van der Waals surface area contributed by atoms with Crippen LogP contribution in [0.15, 0.2) is 0 Å². The molecule has 94 valence electrons. The molecule has 0 radical (unpaired) electrons. The van der Waals surface area contributed by atoms with E-state index < -0.39 is 6.04 Å². The Kier molecular flexibility index (Phi) is 4.00. The molecule has 16 heavy (non-hydrogen) atoms. The van der Waals surface area contributed by atoms with E-state index in [-0.39, 0.29) is 11.3 Å². The first-order valence-electron chi connectivity index (χ1n) is 6.29. The van der Waals surface area contributed by atoms with Crippen LogP contribution in [0.25, 0.3) is 0 Å². The van der Waals surface area contributed by atoms with Crippen LogP contribution in [0, 0.1) is 17.3 Å². The normalized spacial score (nSPS) is 32.5. The minimum absolute atomic E-state index is 0.00144. The lowest BCUT2D eigenvalue weighted by molar-refractivity contribution is -0.125. The third-order valence-electron chi connectivity index (χ3n) is 4.01. The zero-order valence-electron chi connectivity index (χ0n) is 11.2. The molecule has 4 atom stereocenters. The van der Waals surface area contributed by atoms with E-state index >= 15 is 0 Å². The third kappa shape index (κ3) is 2.97. The lowest BCUT2D eigenvalue weighted by Crippen LogP contribution is -2.52. The van der Waals surface area contributed by atoms with Gasteiger partial charge >= 0.3 is 0 Å². The Hall–Kier alpha value is -0.570. The Bertz CT molecular complexity index is 257. The molecule has 0 heterocycles. The smallest absolute Gasteiger partial charge is 0.237 e. The summed E-state index contributed by atoms with van der Waals surface area (Å²) in [6.07, 6.45) is 2.29. The molecule has 1 aliphatic carbocycles. The second-order valence-corrected chi connectivity index (χ2v) is 6.37. The Balaban J connectivity index is 2.52. The molecule has 1 aliphatic rings. The molecule has 0 bridgehead atoms. The summed E-state index contributed by atoms with van der Waals surface area (Å²) in [5, 5.41) is 3.10. The summed E-state index contributed by atoms with van der Waals surface area (Å²) in [6.45, 7) is 10.5. The van der Waals surface area contributed by atoms with Crippen molar-refractivity contribution in [3.8, 4) is 0 Å². The summed E-state index contributed by atoms with van der Waals surface area (Å²) in [6, 6.07) is -0.105. The van der Waals surface area contributed by atoms with Gasteiger partial charge in [-0.1, -0.05) is 34.6 Å². The molecule has 3 nitrogen and oxygen atoms in total. The van der Waals surface area contributed by atoms with Crippen LogP contribution in [-0.4, -0.2) is 18.0 Å². The summed E-state index contributed by atoms with van der Waals surface area (Å²) >= 11 is 0. The summed E-state index contributed by atoms with van der Waals surface area (Å²) in [5.41, 5.74) is 5.77. The first-order valence-corrected chi connectivity index (χ1v) is 6.29. The van der Waals surface area contributed by atoms with Crippen molar-refractivity contribution in [2.45, 2.75) is 59.5 Å². The fraction of sp³-hybridized carbons (Fsp3) is 0.923. The molecular weight excluding hydrogens is 200 g/mol. The fourth-order valence-corrected chi connectivity index (χ4v) is 2.23. The SMILES string of the molecule is CC1CCC(NC(=O)[C@@H](N)C(C)(C)C)C1C. The van der Waals surface area contributed by atoms with Crippen LogP contribution in [0.1, 0.15) is 47.5 Å². The zero-order chi connectivity index (χ0) is 12.5. The lowest BCUT2D eigenvalue weighted by Gasteiger charge is -2.28. The number of hydrogen-bond donors (Lipinski definition) is 2. The molecule has 3 N–H and O–H groups in total. The maximum absolute atomic E-state index is 12.0. The topological polar surface area (TPSA) is 55.1 Å². The Morgan fingerprint density at radius 3 is 2.25 bits per heavy atom. The highest BCUT2D eigenvalue weighted by atomic mass is 16.2. The molecule has 1 rings (SSSR count). The zero-order valence-corrected chi connectivity index (χ0v) is 11.2. The first kappa shape index (κ1) is 13.5. The minimum atomic E-state index is -0.421. The van der Waals surface area contributed by atoms with E-state index in [4.69, 9.17) is 5.73 Å². The van der Waals surface area contributed by atoms with Gasteiger partial charge in [0.25, 0.3) is 0 Å². The Morgan fingerprint density at radius 1 is 1.31 bits per heavy atom. The molecule has 1 fully saturated rings. The maximum atomic E-state index is 12.0. The number of nitrogens with two attached hydrogens (primary N) is 1. The molecule has 0 aliphatic heterocycles. The molecular formula is C13H26N2O. The average molecular weight is 226 g/mol. The van der Waals surface area contributed by atoms with Gasteiger partial charge < -0.3 is 11.1 Å². The van der Waals surface area contributed by atoms with E-state index in [2.05, 4.69) is 19.2 Å². The first-order chi connectivity index (χ1) is 7.23. The van der Waals surface area contributed by atoms with Crippen LogP contribution < -0.4 is 11.1 Å². The molecule has 0 aromatic carbocycles. The van der Waals surface area contributed by atoms with E-state index in [0.29, 0.717) is 17.9 Å². The summed E-state index contributed by atoms with van der Waals surface area (Å²) < 4.78 is 0. The van der Waals surface area contributed by atoms with E-state index in [1.54, 1.807) is 0 Å². The highest BCUT2D eigenvalue weighted by molar-refractivity contribution is 5.82. The fourth-order valence-electron chi connectivity index (χ4n) is 2.23. The second-order valence-electron chi connectivity index (χ2n) is 6.37. The third-order valence-corrected chi connectivity index (χ3v) is 4.01. The van der Waals surface area contributed by atoms with Crippen LogP contribution in [0.5, 0.6) is 0 Å². The quantitative estimate of drug-likeness (QED) is 0.755. The number of amides is 1. The Morgan fingerprint density at radius 2 is 1.88 bits per heavy atom. The number of carbonyl (C=O) groups is 1. The van der Waals surface area contributed by atoms with Gasteiger partial charge in [0.1, 0.15) is 0 Å². The summed E-state index contributed by atoms with van der Waals surface area (Å²) in [7, 11) is 0. The lowest BCUT2D eigenvalue weighted by atomic mass is 9.86. The van der Waals surface area contributed by atoms with E-state index in [9.17, 15) is 4.79 Å². The van der Waals surface area contributed by atoms with Gasteiger partial charge in [-0.15, -0.1) is 0 Å². The second kappa shape index (κ2) is 4.74. The van der Waals surface area contributed by atoms with Crippen molar-refractivity contribution in [1.82, 2.24) is 5.32 Å². The average Bonchev–Trinajstić information content (AvgIpc) is 2.47. The molecule has 0 aromatic rings. The van der Waals surface area contributed by atoms with Crippen LogP contribution in [0.4, 0.5) is 0 Å². The van der Waals surface area contributed by atoms with E-state index in [1.807, 2.05) is 20.8 Å². The highest BCUT2D eigenvalue weighted by Crippen LogP contribution is 2.31. The number of hydrogen-bond acceptors (Lipinski definition) is 2. The van der Waals surface area contributed by atoms with Gasteiger partial charge in [-0.3, -0.25) is 4.79 Å². The molecule has 1 amide bonds. The van der Waals surface area contributed by atoms with Crippen molar-refractivity contribution in [2.75, 3.05) is 0 Å². The van der Waals surface area contributed by atoms with Crippen molar-refractivity contribution in [2.24, 2.45) is 23.0 Å². The van der Waals surface area contributed by atoms with Crippen LogP contribution in [0.3, 0.4) is 0 Å². The van der Waals surface area contributed by atoms with Crippen molar-refractivity contribution in [3.05, 3.63) is 0 Å². The Labute approximate surface area is 99.2 Å². The van der Waals surface area contributed by atoms with Gasteiger partial charge in [-0.05, 0) is 30.1 Å². The highest BCUT2D eigenvalue weighted by Gasteiger charge is 2.34. The van der Waals surface area contributed by atoms with Gasteiger partial charge in [-0.25, -0.2) is 0 Å². The summed E-state index contributed by atoms with van der Waals surface area (Å²) in [5.74, 6) is 1.27. The predicted molar refractivity (Wildman–Crippen MR) is 66.9 cm³/mol. The molecule has 0 spiro atoms. The largest absolute Gasteiger partial charge is 0.352 e. The van der Waals surface area contributed by atoms with Gasteiger partial charge in [0.2, 0.25) is 5.91 Å². The van der Waals surface area contributed by atoms with Crippen molar-refractivity contribution < 1.29 is 4.79 Å². The predicted octanol–water partition coefficient (Wildman–Crippen LogP) is 1.91. The van der Waals surface area contributed by atoms with Gasteiger partial charge in [0.15, 0.2) is 0 Å². The standard InChI is InChI=1S/C13H26N2O/c1-8-6-7-10(9(8)2)15-12(16)11(14)13(3,4)5/h8-11H,6-7,14H2,1-5H3,(H,15,16)/t8?,9?,10?,11-/m1/s1. The molecule has 3 unspecified atom stereocenters. The number of nitrogens with one attached hydrogen (secondary N) is 1. The molecule has 3 heteroatoms. The molecule has 0 aromatic heterocycles. The van der Waals surface area contributed by atoms with Gasteiger partial charge in [-0.2, -0.15) is 0 Å². The van der Waals surface area contributed by atoms with Gasteiger partial charge in [0.05, 0.1) is 6.04 Å². The van der Waals surface area contributed by atoms with E-state index in [0.717, 1.165) is 6.42 Å².